The highest BCUT2D eigenvalue weighted by atomic mass is 16.5. The molecule has 1 aliphatic rings. The summed E-state index contributed by atoms with van der Waals surface area (Å²) in [5.74, 6) is -7.07. The van der Waals surface area contributed by atoms with Gasteiger partial charge in [0.1, 0.15) is 31.4 Å². The summed E-state index contributed by atoms with van der Waals surface area (Å²) in [6, 6.07) is -5.22. The number of tetrazole rings is 1. The molecule has 0 spiro atoms. The molecule has 28 heteroatoms. The largest absolute Gasteiger partial charge is 0.481 e. The van der Waals surface area contributed by atoms with Crippen molar-refractivity contribution in [2.45, 2.75) is 172 Å². The van der Waals surface area contributed by atoms with Crippen molar-refractivity contribution in [2.24, 2.45) is 15.7 Å². The Morgan fingerprint density at radius 2 is 1.21 bits per heavy atom. The van der Waals surface area contributed by atoms with Crippen molar-refractivity contribution in [1.82, 2.24) is 57.4 Å². The fourth-order valence-corrected chi connectivity index (χ4v) is 8.30. The van der Waals surface area contributed by atoms with E-state index in [1.165, 1.54) is 71.0 Å². The third kappa shape index (κ3) is 34.3. The van der Waals surface area contributed by atoms with E-state index in [1.54, 1.807) is 0 Å². The van der Waals surface area contributed by atoms with Crippen LogP contribution in [0, 0.1) is 0 Å². The molecule has 0 radical (unpaired) electrons. The minimum atomic E-state index is -1.65. The Kier molecular flexibility index (Phi) is 36.8. The van der Waals surface area contributed by atoms with Gasteiger partial charge in [0.25, 0.3) is 0 Å². The molecule has 440 valence electrons. The van der Waals surface area contributed by atoms with Crippen molar-refractivity contribution >= 4 is 65.3 Å². The molecule has 2 rings (SSSR count). The number of aliphatic carboxylic acids is 3. The van der Waals surface area contributed by atoms with Crippen molar-refractivity contribution < 1.29 is 67.9 Å². The number of H-pyrrole nitrogens is 1. The van der Waals surface area contributed by atoms with Crippen LogP contribution in [0.15, 0.2) is 9.98 Å². The fraction of sp³-hybridized carbons (Fsp3) is 0.760. The molecular weight excluding hydrogens is 1020 g/mol. The van der Waals surface area contributed by atoms with Crippen LogP contribution in [0.1, 0.15) is 147 Å². The molecule has 0 aromatic carbocycles. The van der Waals surface area contributed by atoms with E-state index in [4.69, 9.17) is 15.2 Å². The summed E-state index contributed by atoms with van der Waals surface area (Å²) in [5, 5.41) is 57.8. The Morgan fingerprint density at radius 1 is 0.641 bits per heavy atom. The van der Waals surface area contributed by atoms with Gasteiger partial charge in [-0.3, -0.25) is 58.0 Å². The Labute approximate surface area is 455 Å². The Morgan fingerprint density at radius 3 is 1.79 bits per heavy atom. The highest BCUT2D eigenvalue weighted by Crippen LogP contribution is 2.14. The zero-order valence-electron chi connectivity index (χ0n) is 45.3. The van der Waals surface area contributed by atoms with Gasteiger partial charge in [-0.15, -0.1) is 10.2 Å². The van der Waals surface area contributed by atoms with Gasteiger partial charge in [-0.25, -0.2) is 0 Å². The summed E-state index contributed by atoms with van der Waals surface area (Å²) in [7, 11) is 1.49. The molecule has 4 atom stereocenters. The molecular formula is C50H86N14O14. The second-order valence-electron chi connectivity index (χ2n) is 19.1. The summed E-state index contributed by atoms with van der Waals surface area (Å²) in [6.07, 6.45) is 18.4. The summed E-state index contributed by atoms with van der Waals surface area (Å²) in [5.41, 5.74) is 6.14. The van der Waals surface area contributed by atoms with E-state index >= 15 is 0 Å². The molecule has 0 bridgehead atoms. The molecule has 0 saturated heterocycles. The topological polar surface area (TPSA) is 413 Å². The van der Waals surface area contributed by atoms with Gasteiger partial charge in [-0.1, -0.05) is 75.8 Å². The molecule has 1 aromatic rings. The number of carboxylic acids is 3. The molecule has 1 aliphatic heterocycles. The number of carboxylic acid groups (broad SMARTS) is 3. The number of unbranched alkanes of at least 4 members (excludes halogenated alkanes) is 14. The second-order valence-corrected chi connectivity index (χ2v) is 19.1. The first-order chi connectivity index (χ1) is 37.6. The molecule has 12 N–H and O–H groups in total. The zero-order valence-corrected chi connectivity index (χ0v) is 45.3. The van der Waals surface area contributed by atoms with Gasteiger partial charge in [-0.2, -0.15) is 5.21 Å². The van der Waals surface area contributed by atoms with Crippen molar-refractivity contribution in [3.05, 3.63) is 5.82 Å². The number of rotatable bonds is 50. The van der Waals surface area contributed by atoms with Crippen LogP contribution in [0.4, 0.5) is 0 Å². The number of primary amides is 1. The Bertz CT molecular complexity index is 1990. The average Bonchev–Trinajstić information content (AvgIpc) is 4.13. The number of amides is 6. The van der Waals surface area contributed by atoms with Crippen LogP contribution in [0.5, 0.6) is 0 Å². The molecule has 0 fully saturated rings. The number of carbonyl (C=O) groups is 9. The summed E-state index contributed by atoms with van der Waals surface area (Å²) < 4.78 is 10.9. The number of ether oxygens (including phenoxy) is 2. The first kappa shape index (κ1) is 67.6. The van der Waals surface area contributed by atoms with E-state index in [0.29, 0.717) is 38.1 Å². The summed E-state index contributed by atoms with van der Waals surface area (Å²) in [4.78, 5) is 121. The fourth-order valence-electron chi connectivity index (χ4n) is 8.30. The quantitative estimate of drug-likeness (QED) is 0.0387. The van der Waals surface area contributed by atoms with E-state index in [2.05, 4.69) is 62.5 Å². The van der Waals surface area contributed by atoms with E-state index in [-0.39, 0.29) is 77.6 Å². The molecule has 0 unspecified atom stereocenters. The maximum absolute atomic E-state index is 13.7. The van der Waals surface area contributed by atoms with Crippen molar-refractivity contribution in [2.75, 3.05) is 72.9 Å². The number of likely N-dealkylation sites (N-methyl/N-ethyl adjacent to an activating group) is 1. The minimum absolute atomic E-state index is 0.000542. The molecule has 1 aromatic heterocycles. The normalized spacial score (nSPS) is 13.5. The first-order valence-electron chi connectivity index (χ1n) is 27.3. The second kappa shape index (κ2) is 42.5. The Balaban J connectivity index is 1.66. The van der Waals surface area contributed by atoms with Crippen molar-refractivity contribution in [3.63, 3.8) is 0 Å². The van der Waals surface area contributed by atoms with Crippen LogP contribution in [-0.4, -0.2) is 203 Å². The van der Waals surface area contributed by atoms with Gasteiger partial charge in [0.2, 0.25) is 35.4 Å². The van der Waals surface area contributed by atoms with Crippen LogP contribution >= 0.6 is 0 Å². The lowest BCUT2D eigenvalue weighted by atomic mass is 10.0. The Hall–Kier alpha value is -6.52. The van der Waals surface area contributed by atoms with Gasteiger partial charge in [0.05, 0.1) is 51.1 Å². The van der Waals surface area contributed by atoms with E-state index < -0.39 is 91.1 Å². The number of nitrogens with zero attached hydrogens (tertiary/aromatic N) is 6. The molecule has 6 amide bonds. The molecule has 78 heavy (non-hydrogen) atoms. The highest BCUT2D eigenvalue weighted by Gasteiger charge is 2.32. The van der Waals surface area contributed by atoms with Crippen LogP contribution in [0.25, 0.3) is 0 Å². The molecule has 2 heterocycles. The number of hydrogen-bond donors (Lipinski definition) is 11. The van der Waals surface area contributed by atoms with Crippen LogP contribution in [-0.2, 0) is 59.0 Å². The van der Waals surface area contributed by atoms with Gasteiger partial charge >= 0.3 is 17.9 Å². The number of aliphatic imine (C=N–C) groups is 2. The molecule has 0 saturated carbocycles. The SMILES string of the molecule is CN[C@@H](CC1=NCN=C1)C(=O)N[C@@H](CC(=O)O)C(=O)N[C@@H](CCCCN(CC(=O)O)CC(=O)O)C(=O)N[C@@H](CCCCNC(=O)COCCOCCNC(=O)CCCCCCCCCCCCCCCc1nn[nH]n1)C(N)=O. The van der Waals surface area contributed by atoms with Crippen LogP contribution in [0.3, 0.4) is 0 Å². The monoisotopic (exact) mass is 1110 g/mol. The minimum Gasteiger partial charge on any atom is -0.481 e. The number of carbonyl (C=O) groups excluding carboxylic acids is 6. The number of hydrogen-bond acceptors (Lipinski definition) is 18. The number of aryl methyl sites for hydroxylation is 1. The smallest absolute Gasteiger partial charge is 0.317 e. The van der Waals surface area contributed by atoms with Gasteiger partial charge in [-0.05, 0) is 65.0 Å². The zero-order chi connectivity index (χ0) is 57.2. The summed E-state index contributed by atoms with van der Waals surface area (Å²) >= 11 is 0. The first-order valence-corrected chi connectivity index (χ1v) is 27.3. The number of aromatic amines is 1. The lowest BCUT2D eigenvalue weighted by molar-refractivity contribution is -0.142. The average molecular weight is 1110 g/mol. The number of nitrogens with one attached hydrogen (secondary N) is 7. The van der Waals surface area contributed by atoms with Crippen LogP contribution in [0.2, 0.25) is 0 Å². The maximum Gasteiger partial charge on any atom is 0.317 e. The van der Waals surface area contributed by atoms with Crippen molar-refractivity contribution in [3.8, 4) is 0 Å². The summed E-state index contributed by atoms with van der Waals surface area (Å²) in [6.45, 7) is 0.0888. The van der Waals surface area contributed by atoms with Gasteiger partial charge < -0.3 is 62.4 Å². The van der Waals surface area contributed by atoms with E-state index in [0.717, 1.165) is 42.8 Å². The highest BCUT2D eigenvalue weighted by molar-refractivity contribution is 6.32. The lowest BCUT2D eigenvalue weighted by Gasteiger charge is -2.26. The third-order valence-corrected chi connectivity index (χ3v) is 12.5. The van der Waals surface area contributed by atoms with Crippen molar-refractivity contribution in [1.29, 1.82) is 0 Å². The van der Waals surface area contributed by atoms with E-state index in [9.17, 15) is 58.5 Å². The van der Waals surface area contributed by atoms with Gasteiger partial charge in [0, 0.05) is 38.6 Å². The third-order valence-electron chi connectivity index (χ3n) is 12.5. The lowest BCUT2D eigenvalue weighted by Crippen LogP contribution is -2.58. The van der Waals surface area contributed by atoms with Crippen LogP contribution < -0.4 is 37.6 Å². The molecule has 28 nitrogen and oxygen atoms in total. The van der Waals surface area contributed by atoms with E-state index in [1.807, 2.05) is 0 Å². The predicted molar refractivity (Wildman–Crippen MR) is 285 cm³/mol. The van der Waals surface area contributed by atoms with Gasteiger partial charge in [0.15, 0.2) is 5.82 Å². The number of nitrogens with two attached hydrogens (primary N) is 1. The predicted octanol–water partition coefficient (Wildman–Crippen LogP) is 0.156. The maximum atomic E-state index is 13.7. The number of aromatic nitrogens is 4. The standard InChI is InChI=1S/C50H86N14O14/c1-52-39(29-36-31-53-35-56-36)49(75)59-40(30-44(67)68)50(76)58-38(20-16-18-25-64(32-45(69)70)33-46(71)72)48(74)57-37(47(51)73)19-15-17-23-54-43(66)34-78-28-27-77-26-24-55-42(65)22-14-12-10-8-6-4-2-3-5-7-9-11-13-21-41-60-62-63-61-41/h31,37-40,52H,2-30,32-35H2,1H3,(H2,51,73)(H,54,66)(H,55,65)(H,57,74)(H,58,76)(H,59,75)(H,67,68)(H,69,70)(H,71,72)(H,60,61,62,63)/t37-,38-,39-,40-/m0/s1. The molecule has 0 aliphatic carbocycles.